The van der Waals surface area contributed by atoms with Crippen molar-refractivity contribution >= 4 is 17.9 Å². The second kappa shape index (κ2) is 53.4. The molecule has 6 heteroatoms. The lowest BCUT2D eigenvalue weighted by molar-refractivity contribution is -0.167. The van der Waals surface area contributed by atoms with E-state index in [1.54, 1.807) is 0 Å². The number of esters is 3. The molecule has 0 aromatic heterocycles. The third kappa shape index (κ3) is 53.2. The summed E-state index contributed by atoms with van der Waals surface area (Å²) in [4.78, 5) is 38.2. The van der Waals surface area contributed by atoms with E-state index >= 15 is 0 Å². The number of carbonyl (C=O) groups is 3. The van der Waals surface area contributed by atoms with E-state index in [2.05, 4.69) is 27.7 Å². The summed E-state index contributed by atoms with van der Waals surface area (Å²) in [6.07, 6.45) is 58.0. The minimum Gasteiger partial charge on any atom is -0.462 e. The summed E-state index contributed by atoms with van der Waals surface area (Å²) in [6, 6.07) is 0. The largest absolute Gasteiger partial charge is 0.462 e. The molecule has 386 valence electrons. The summed E-state index contributed by atoms with van der Waals surface area (Å²) in [5.74, 6) is 0.0115. The quantitative estimate of drug-likeness (QED) is 0.0344. The molecule has 0 bridgehead atoms. The molecule has 0 aromatic rings. The predicted octanol–water partition coefficient (Wildman–Crippen LogP) is 19.4. The van der Waals surface area contributed by atoms with Crippen LogP contribution >= 0.6 is 0 Å². The highest BCUT2D eigenvalue weighted by Crippen LogP contribution is 2.18. The molecular formula is C59H114O6. The summed E-state index contributed by atoms with van der Waals surface area (Å²) in [5, 5.41) is 0. The van der Waals surface area contributed by atoms with E-state index in [1.165, 1.54) is 231 Å². The first-order valence-electron chi connectivity index (χ1n) is 29.4. The van der Waals surface area contributed by atoms with Crippen LogP contribution in [-0.2, 0) is 28.6 Å². The fourth-order valence-corrected chi connectivity index (χ4v) is 9.10. The maximum Gasteiger partial charge on any atom is 0.306 e. The van der Waals surface area contributed by atoms with Gasteiger partial charge in [0.2, 0.25) is 0 Å². The van der Waals surface area contributed by atoms with Crippen molar-refractivity contribution in [3.63, 3.8) is 0 Å². The van der Waals surface area contributed by atoms with Gasteiger partial charge < -0.3 is 14.2 Å². The molecule has 0 rings (SSSR count). The van der Waals surface area contributed by atoms with Gasteiger partial charge in [0.05, 0.1) is 0 Å². The first-order chi connectivity index (χ1) is 31.9. The zero-order chi connectivity index (χ0) is 47.4. The molecule has 6 nitrogen and oxygen atoms in total. The Morgan fingerprint density at radius 3 is 0.754 bits per heavy atom. The Labute approximate surface area is 406 Å². The van der Waals surface area contributed by atoms with E-state index in [4.69, 9.17) is 14.2 Å². The average Bonchev–Trinajstić information content (AvgIpc) is 3.29. The summed E-state index contributed by atoms with van der Waals surface area (Å²) >= 11 is 0. The Bertz CT molecular complexity index is 980. The number of rotatable bonds is 54. The maximum absolute atomic E-state index is 12.8. The van der Waals surface area contributed by atoms with Crippen molar-refractivity contribution in [2.24, 2.45) is 5.92 Å². The Morgan fingerprint density at radius 1 is 0.292 bits per heavy atom. The molecule has 0 amide bonds. The van der Waals surface area contributed by atoms with Gasteiger partial charge in [0.1, 0.15) is 13.2 Å². The number of ether oxygens (including phenoxy) is 3. The Balaban J connectivity index is 4.28. The lowest BCUT2D eigenvalue weighted by atomic mass is 10.0. The smallest absolute Gasteiger partial charge is 0.306 e. The number of carbonyl (C=O) groups excluding carboxylic acids is 3. The molecule has 0 fully saturated rings. The molecule has 0 aromatic carbocycles. The Hall–Kier alpha value is -1.59. The number of hydrogen-bond donors (Lipinski definition) is 0. The molecule has 0 aliphatic rings. The lowest BCUT2D eigenvalue weighted by Crippen LogP contribution is -2.30. The van der Waals surface area contributed by atoms with Crippen LogP contribution in [0.4, 0.5) is 0 Å². The summed E-state index contributed by atoms with van der Waals surface area (Å²) in [5.41, 5.74) is 0. The molecule has 0 saturated heterocycles. The van der Waals surface area contributed by atoms with Crippen LogP contribution in [0.1, 0.15) is 336 Å². The van der Waals surface area contributed by atoms with Gasteiger partial charge in [-0.15, -0.1) is 0 Å². The summed E-state index contributed by atoms with van der Waals surface area (Å²) < 4.78 is 16.9. The number of unbranched alkanes of at least 4 members (excludes halogenated alkanes) is 41. The van der Waals surface area contributed by atoms with Crippen LogP contribution in [-0.4, -0.2) is 37.2 Å². The first kappa shape index (κ1) is 63.4. The molecule has 0 radical (unpaired) electrons. The standard InChI is InChI=1S/C59H114O6/c1-5-7-9-11-13-15-17-19-21-22-27-30-34-38-42-46-50-57(60)63-53-56(65-59(62)52-48-44-40-36-32-26-20-18-16-14-12-10-8-6-2)54-64-58(61)51-47-43-39-35-31-28-24-23-25-29-33-37-41-45-49-55(3)4/h55-56H,5-54H2,1-4H3/t56-/m1/s1. The summed E-state index contributed by atoms with van der Waals surface area (Å²) in [6.45, 7) is 9.07. The van der Waals surface area contributed by atoms with Crippen molar-refractivity contribution < 1.29 is 28.6 Å². The highest BCUT2D eigenvalue weighted by molar-refractivity contribution is 5.71. The monoisotopic (exact) mass is 919 g/mol. The van der Waals surface area contributed by atoms with Crippen molar-refractivity contribution in [2.45, 2.75) is 342 Å². The third-order valence-corrected chi connectivity index (χ3v) is 13.5. The molecule has 0 aliphatic carbocycles. The van der Waals surface area contributed by atoms with Gasteiger partial charge in [-0.05, 0) is 25.2 Å². The van der Waals surface area contributed by atoms with E-state index < -0.39 is 6.10 Å². The lowest BCUT2D eigenvalue weighted by Gasteiger charge is -2.18. The molecule has 0 saturated carbocycles. The van der Waals surface area contributed by atoms with Crippen LogP contribution < -0.4 is 0 Å². The minimum atomic E-state index is -0.762. The molecule has 1 atom stereocenters. The Kier molecular flexibility index (Phi) is 52.1. The second-order valence-electron chi connectivity index (χ2n) is 20.8. The second-order valence-corrected chi connectivity index (χ2v) is 20.8. The fourth-order valence-electron chi connectivity index (χ4n) is 9.10. The molecule has 0 heterocycles. The highest BCUT2D eigenvalue weighted by Gasteiger charge is 2.19. The summed E-state index contributed by atoms with van der Waals surface area (Å²) in [7, 11) is 0. The van der Waals surface area contributed by atoms with Crippen molar-refractivity contribution in [3.05, 3.63) is 0 Å². The van der Waals surface area contributed by atoms with Gasteiger partial charge in [0.15, 0.2) is 6.10 Å². The van der Waals surface area contributed by atoms with E-state index in [0.717, 1.165) is 63.7 Å². The van der Waals surface area contributed by atoms with Crippen molar-refractivity contribution in [2.75, 3.05) is 13.2 Å². The molecule has 0 N–H and O–H groups in total. The van der Waals surface area contributed by atoms with Crippen LogP contribution in [0.25, 0.3) is 0 Å². The number of hydrogen-bond acceptors (Lipinski definition) is 6. The maximum atomic E-state index is 12.8. The van der Waals surface area contributed by atoms with Gasteiger partial charge >= 0.3 is 17.9 Å². The van der Waals surface area contributed by atoms with E-state index in [9.17, 15) is 14.4 Å². The van der Waals surface area contributed by atoms with Gasteiger partial charge in [-0.1, -0.05) is 297 Å². The zero-order valence-electron chi connectivity index (χ0n) is 44.5. The molecule has 0 spiro atoms. The molecule has 65 heavy (non-hydrogen) atoms. The van der Waals surface area contributed by atoms with Crippen LogP contribution in [0.15, 0.2) is 0 Å². The van der Waals surface area contributed by atoms with Crippen LogP contribution in [0.3, 0.4) is 0 Å². The topological polar surface area (TPSA) is 78.9 Å². The van der Waals surface area contributed by atoms with Gasteiger partial charge in [-0.25, -0.2) is 0 Å². The van der Waals surface area contributed by atoms with Gasteiger partial charge in [0.25, 0.3) is 0 Å². The van der Waals surface area contributed by atoms with Crippen molar-refractivity contribution in [3.8, 4) is 0 Å². The van der Waals surface area contributed by atoms with Gasteiger partial charge in [0, 0.05) is 19.3 Å². The van der Waals surface area contributed by atoms with Crippen molar-refractivity contribution in [1.82, 2.24) is 0 Å². The van der Waals surface area contributed by atoms with Gasteiger partial charge in [-0.3, -0.25) is 14.4 Å². The fraction of sp³-hybridized carbons (Fsp3) is 0.949. The highest BCUT2D eigenvalue weighted by atomic mass is 16.6. The van der Waals surface area contributed by atoms with E-state index in [1.807, 2.05) is 0 Å². The SMILES string of the molecule is CCCCCCCCCCCCCCCCCCC(=O)OC[C@H](COC(=O)CCCCCCCCCCCCCCCCC(C)C)OC(=O)CCCCCCCCCCCCCCCC. The third-order valence-electron chi connectivity index (χ3n) is 13.5. The van der Waals surface area contributed by atoms with E-state index in [-0.39, 0.29) is 31.1 Å². The van der Waals surface area contributed by atoms with Gasteiger partial charge in [-0.2, -0.15) is 0 Å². The molecule has 0 unspecified atom stereocenters. The Morgan fingerprint density at radius 2 is 0.508 bits per heavy atom. The van der Waals surface area contributed by atoms with Crippen LogP contribution in [0.2, 0.25) is 0 Å². The van der Waals surface area contributed by atoms with E-state index in [0.29, 0.717) is 19.3 Å². The predicted molar refractivity (Wildman–Crippen MR) is 280 cm³/mol. The van der Waals surface area contributed by atoms with Crippen LogP contribution in [0, 0.1) is 5.92 Å². The first-order valence-corrected chi connectivity index (χ1v) is 29.4. The van der Waals surface area contributed by atoms with Crippen molar-refractivity contribution in [1.29, 1.82) is 0 Å². The molecular weight excluding hydrogens is 805 g/mol. The van der Waals surface area contributed by atoms with Crippen LogP contribution in [0.5, 0.6) is 0 Å². The normalized spacial score (nSPS) is 12.0. The zero-order valence-corrected chi connectivity index (χ0v) is 44.5. The molecule has 0 aliphatic heterocycles. The average molecular weight is 920 g/mol. The minimum absolute atomic E-state index is 0.0616.